The van der Waals surface area contributed by atoms with Crippen LogP contribution in [0, 0.1) is 0 Å². The average molecular weight is 284 g/mol. The fraction of sp³-hybridized carbons (Fsp3) is 1.00. The number of fused-ring (bicyclic) bond motifs is 4. The normalized spacial score (nSPS) is 55.2. The van der Waals surface area contributed by atoms with Gasteiger partial charge in [0, 0.05) is 0 Å². The van der Waals surface area contributed by atoms with Crippen LogP contribution in [0.25, 0.3) is 0 Å². The van der Waals surface area contributed by atoms with Gasteiger partial charge in [0.15, 0.2) is 0 Å². The van der Waals surface area contributed by atoms with E-state index in [0.29, 0.717) is 6.61 Å². The Balaban J connectivity index is 1.81. The molecule has 0 aromatic heterocycles. The molecule has 3 aliphatic rings. The minimum Gasteiger partial charge on any atom is -0.387 e. The van der Waals surface area contributed by atoms with Crippen LogP contribution >= 0.6 is 18.5 Å². The molecule has 3 aliphatic heterocycles. The maximum absolute atomic E-state index is 10.1. The number of ether oxygens (including phenoxy) is 1. The molecule has 0 saturated carbocycles. The molecule has 1 N–H and O–H groups in total. The Morgan fingerprint density at radius 2 is 2.25 bits per heavy atom. The van der Waals surface area contributed by atoms with E-state index in [2.05, 4.69) is 0 Å². The zero-order chi connectivity index (χ0) is 11.3. The first-order valence-electron chi connectivity index (χ1n) is 5.19. The van der Waals surface area contributed by atoms with Crippen LogP contribution in [-0.2, 0) is 30.1 Å². The predicted molar refractivity (Wildman–Crippen MR) is 62.8 cm³/mol. The van der Waals surface area contributed by atoms with Gasteiger partial charge in [0.2, 0.25) is 0 Å². The minimum atomic E-state index is -2.59. The molecule has 3 saturated heterocycles. The van der Waals surface area contributed by atoms with Crippen LogP contribution in [0.15, 0.2) is 0 Å². The van der Waals surface area contributed by atoms with Crippen molar-refractivity contribution in [3.63, 3.8) is 0 Å². The molecular weight excluding hydrogens is 271 g/mol. The summed E-state index contributed by atoms with van der Waals surface area (Å²) in [6, 6.07) is 0. The van der Waals surface area contributed by atoms with Crippen LogP contribution in [0.5, 0.6) is 0 Å². The molecule has 0 radical (unpaired) electrons. The van der Waals surface area contributed by atoms with Gasteiger partial charge in [-0.1, -0.05) is 6.92 Å². The Morgan fingerprint density at radius 3 is 3.00 bits per heavy atom. The number of aliphatic hydroxyl groups is 1. The van der Waals surface area contributed by atoms with E-state index in [0.717, 1.165) is 5.75 Å². The maximum Gasteiger partial charge on any atom is 0.328 e. The molecule has 0 aromatic rings. The summed E-state index contributed by atoms with van der Waals surface area (Å²) in [5, 5.41) is 10.1. The quantitative estimate of drug-likeness (QED) is 0.755. The molecule has 2 bridgehead atoms. The monoisotopic (exact) mass is 284 g/mol. The molecule has 92 valence electrons. The van der Waals surface area contributed by atoms with E-state index in [1.165, 1.54) is 0 Å². The summed E-state index contributed by atoms with van der Waals surface area (Å²) in [7, 11) is 0. The molecule has 1 unspecified atom stereocenters. The van der Waals surface area contributed by atoms with Crippen LogP contribution in [-0.4, -0.2) is 47.3 Å². The highest BCUT2D eigenvalue weighted by atomic mass is 32.5. The molecule has 3 fully saturated rings. The second-order valence-corrected chi connectivity index (χ2v) is 8.16. The lowest BCUT2D eigenvalue weighted by atomic mass is 10.1. The molecule has 0 aromatic carbocycles. The molecule has 3 heterocycles. The van der Waals surface area contributed by atoms with Gasteiger partial charge in [0.25, 0.3) is 0 Å². The van der Waals surface area contributed by atoms with E-state index in [-0.39, 0.29) is 17.6 Å². The molecule has 16 heavy (non-hydrogen) atoms. The van der Waals surface area contributed by atoms with Crippen molar-refractivity contribution in [3.8, 4) is 0 Å². The zero-order valence-electron chi connectivity index (χ0n) is 8.64. The van der Waals surface area contributed by atoms with Crippen LogP contribution in [0.2, 0.25) is 0 Å². The highest BCUT2D eigenvalue weighted by Crippen LogP contribution is 2.62. The van der Waals surface area contributed by atoms with E-state index in [9.17, 15) is 5.11 Å². The molecule has 8 heteroatoms. The molecule has 5 nitrogen and oxygen atoms in total. The fourth-order valence-electron chi connectivity index (χ4n) is 2.14. The third kappa shape index (κ3) is 1.78. The summed E-state index contributed by atoms with van der Waals surface area (Å²) < 4.78 is 22.2. The molecular formula is C8H13O5PS2. The van der Waals surface area contributed by atoms with Gasteiger partial charge in [0.1, 0.15) is 29.9 Å². The number of aliphatic hydroxyl groups excluding tert-OH is 1. The van der Waals surface area contributed by atoms with E-state index in [1.54, 1.807) is 11.8 Å². The second kappa shape index (κ2) is 4.17. The second-order valence-electron chi connectivity index (χ2n) is 3.87. The highest BCUT2D eigenvalue weighted by Gasteiger charge is 2.58. The first kappa shape index (κ1) is 11.9. The Morgan fingerprint density at radius 1 is 1.44 bits per heavy atom. The van der Waals surface area contributed by atoms with Gasteiger partial charge in [-0.2, -0.15) is 0 Å². The van der Waals surface area contributed by atoms with Crippen molar-refractivity contribution in [2.75, 3.05) is 12.4 Å². The lowest BCUT2D eigenvalue weighted by Gasteiger charge is -2.30. The van der Waals surface area contributed by atoms with Gasteiger partial charge in [0.05, 0.1) is 6.61 Å². The predicted octanol–water partition coefficient (Wildman–Crippen LogP) is 0.864. The van der Waals surface area contributed by atoms with Crippen molar-refractivity contribution in [3.05, 3.63) is 0 Å². The Kier molecular flexibility index (Phi) is 3.09. The van der Waals surface area contributed by atoms with Gasteiger partial charge in [-0.15, -0.1) is 11.8 Å². The van der Waals surface area contributed by atoms with E-state index in [4.69, 9.17) is 30.1 Å². The topological polar surface area (TPSA) is 57.2 Å². The summed E-state index contributed by atoms with van der Waals surface area (Å²) in [4.78, 5) is 0. The van der Waals surface area contributed by atoms with E-state index < -0.39 is 18.9 Å². The van der Waals surface area contributed by atoms with Crippen molar-refractivity contribution in [1.29, 1.82) is 0 Å². The summed E-state index contributed by atoms with van der Waals surface area (Å²) in [5.41, 5.74) is -0.245. The number of hydrogen-bond acceptors (Lipinski definition) is 7. The van der Waals surface area contributed by atoms with Crippen molar-refractivity contribution in [2.45, 2.75) is 36.8 Å². The third-order valence-corrected chi connectivity index (χ3v) is 6.22. The van der Waals surface area contributed by atoms with Gasteiger partial charge in [-0.05, 0) is 17.6 Å². The van der Waals surface area contributed by atoms with Gasteiger partial charge in [-0.3, -0.25) is 9.05 Å². The first-order chi connectivity index (χ1) is 7.63. The molecule has 0 aliphatic carbocycles. The van der Waals surface area contributed by atoms with E-state index in [1.807, 2.05) is 6.92 Å². The van der Waals surface area contributed by atoms with E-state index >= 15 is 0 Å². The van der Waals surface area contributed by atoms with Crippen LogP contribution < -0.4 is 0 Å². The Bertz CT molecular complexity index is 340. The smallest absolute Gasteiger partial charge is 0.328 e. The lowest BCUT2D eigenvalue weighted by Crippen LogP contribution is -2.43. The Labute approximate surface area is 103 Å². The molecule has 3 rings (SSSR count). The highest BCUT2D eigenvalue weighted by molar-refractivity contribution is 8.07. The fourth-order valence-corrected chi connectivity index (χ4v) is 5.39. The minimum absolute atomic E-state index is 0.179. The van der Waals surface area contributed by atoms with Gasteiger partial charge in [-0.25, -0.2) is 0 Å². The summed E-state index contributed by atoms with van der Waals surface area (Å²) >= 11 is 6.72. The number of rotatable bonds is 2. The summed E-state index contributed by atoms with van der Waals surface area (Å²) in [6.45, 7) is -0.153. The zero-order valence-corrected chi connectivity index (χ0v) is 11.2. The molecule has 0 amide bonds. The molecule has 6 atom stereocenters. The van der Waals surface area contributed by atoms with Crippen LogP contribution in [0.3, 0.4) is 0 Å². The molecule has 0 spiro atoms. The van der Waals surface area contributed by atoms with Crippen molar-refractivity contribution in [2.24, 2.45) is 0 Å². The van der Waals surface area contributed by atoms with Gasteiger partial charge < -0.3 is 14.4 Å². The van der Waals surface area contributed by atoms with Crippen molar-refractivity contribution >= 4 is 30.3 Å². The largest absolute Gasteiger partial charge is 0.387 e. The van der Waals surface area contributed by atoms with Crippen molar-refractivity contribution < 1.29 is 23.4 Å². The van der Waals surface area contributed by atoms with Crippen molar-refractivity contribution in [1.82, 2.24) is 0 Å². The number of thioether (sulfide) groups is 1. The van der Waals surface area contributed by atoms with Gasteiger partial charge >= 0.3 is 6.72 Å². The Hall–Kier alpha value is 0.800. The standard InChI is InChI=1S/C8H13O5PS2/c1-2-16-8-5(9)7-6(11-8)4-3-10-14(15,12-4)13-7/h4-9H,2-3H2,1H3/t4-,5-,6-,7-,8-,14?/m1/s1. The summed E-state index contributed by atoms with van der Waals surface area (Å²) in [6.07, 6.45) is -1.47. The summed E-state index contributed by atoms with van der Waals surface area (Å²) in [5.74, 6) is 0.886. The van der Waals surface area contributed by atoms with Crippen LogP contribution in [0.4, 0.5) is 0 Å². The first-order valence-corrected chi connectivity index (χ1v) is 8.80. The maximum atomic E-state index is 10.1. The lowest BCUT2D eigenvalue weighted by molar-refractivity contribution is -0.0504. The average Bonchev–Trinajstić information content (AvgIpc) is 2.72. The SMILES string of the molecule is CCS[C@H]1O[C@H]2[C@H](OP3(=S)OC[C@H]2O3)[C@H]1O. The number of hydrogen-bond donors (Lipinski definition) is 1. The third-order valence-electron chi connectivity index (χ3n) is 2.84. The van der Waals surface area contributed by atoms with Crippen LogP contribution in [0.1, 0.15) is 6.92 Å².